The van der Waals surface area contributed by atoms with Crippen molar-refractivity contribution in [3.8, 4) is 22.5 Å². The fraction of sp³-hybridized carbons (Fsp3) is 0.318. The van der Waals surface area contributed by atoms with E-state index in [0.29, 0.717) is 11.1 Å². The summed E-state index contributed by atoms with van der Waals surface area (Å²) in [5.74, 6) is -4.25. The fourth-order valence-electron chi connectivity index (χ4n) is 3.71. The number of hydrogen-bond donors (Lipinski definition) is 2. The van der Waals surface area contributed by atoms with Crippen molar-refractivity contribution < 1.29 is 31.5 Å². The number of amides is 2. The second kappa shape index (κ2) is 8.71. The van der Waals surface area contributed by atoms with E-state index in [-0.39, 0.29) is 29.8 Å². The molecule has 0 aliphatic heterocycles. The van der Waals surface area contributed by atoms with Crippen molar-refractivity contribution >= 4 is 11.8 Å². The van der Waals surface area contributed by atoms with Crippen LogP contribution in [0.3, 0.4) is 0 Å². The van der Waals surface area contributed by atoms with Gasteiger partial charge in [0.1, 0.15) is 17.2 Å². The maximum Gasteiger partial charge on any atom is 0.471 e. The first kappa shape index (κ1) is 24.2. The van der Waals surface area contributed by atoms with Gasteiger partial charge in [0.05, 0.1) is 11.6 Å². The zero-order chi connectivity index (χ0) is 25.5. The lowest BCUT2D eigenvalue weighted by Crippen LogP contribution is -2.53. The quantitative estimate of drug-likeness (QED) is 0.513. The molecule has 1 saturated carbocycles. The lowest BCUT2D eigenvalue weighted by Gasteiger charge is -2.22. The Labute approximate surface area is 195 Å². The highest BCUT2D eigenvalue weighted by Crippen LogP contribution is 2.38. The topological polar surface area (TPSA) is 102 Å². The molecule has 0 unspecified atom stereocenters. The first-order valence-electron chi connectivity index (χ1n) is 10.4. The van der Waals surface area contributed by atoms with Crippen molar-refractivity contribution in [2.24, 2.45) is 7.05 Å². The molecule has 13 heteroatoms. The van der Waals surface area contributed by atoms with Gasteiger partial charge in [-0.1, -0.05) is 24.3 Å². The molecular weight excluding hydrogens is 475 g/mol. The summed E-state index contributed by atoms with van der Waals surface area (Å²) < 4.78 is 68.7. The van der Waals surface area contributed by atoms with Crippen molar-refractivity contribution in [1.82, 2.24) is 30.8 Å². The largest absolute Gasteiger partial charge is 0.471 e. The molecule has 35 heavy (non-hydrogen) atoms. The number of carbonyl (C=O) groups excluding carboxylic acids is 2. The van der Waals surface area contributed by atoms with Crippen molar-refractivity contribution in [2.45, 2.75) is 37.5 Å². The molecule has 2 aromatic carbocycles. The minimum Gasteiger partial charge on any atom is -0.347 e. The number of nitrogens with one attached hydrogen (secondary N) is 2. The highest BCUT2D eigenvalue weighted by atomic mass is 19.4. The Hall–Kier alpha value is -3.90. The number of nitrogens with zero attached hydrogens (tertiary/aromatic N) is 4. The van der Waals surface area contributed by atoms with Gasteiger partial charge in [0.15, 0.2) is 5.82 Å². The summed E-state index contributed by atoms with van der Waals surface area (Å²) in [6, 6.07) is 7.38. The highest BCUT2D eigenvalue weighted by molar-refractivity contribution is 5.95. The number of aryl methyl sites for hydroxylation is 1. The molecule has 4 rings (SSSR count). The normalized spacial score (nSPS) is 15.4. The number of aromatic nitrogens is 4. The van der Waals surface area contributed by atoms with Gasteiger partial charge < -0.3 is 10.6 Å². The number of rotatable bonds is 6. The van der Waals surface area contributed by atoms with Gasteiger partial charge in [-0.05, 0) is 53.5 Å². The molecule has 0 radical (unpaired) electrons. The fourth-order valence-corrected chi connectivity index (χ4v) is 3.71. The van der Waals surface area contributed by atoms with Crippen LogP contribution in [0, 0.1) is 11.6 Å². The molecule has 2 N–H and O–H groups in total. The molecule has 184 valence electrons. The van der Waals surface area contributed by atoms with Crippen LogP contribution < -0.4 is 10.6 Å². The van der Waals surface area contributed by atoms with Gasteiger partial charge in [0, 0.05) is 12.6 Å². The third kappa shape index (κ3) is 4.70. The summed E-state index contributed by atoms with van der Waals surface area (Å²) in [5, 5.41) is 15.2. The Kier molecular flexibility index (Phi) is 6.03. The summed E-state index contributed by atoms with van der Waals surface area (Å²) in [4.78, 5) is 23.8. The summed E-state index contributed by atoms with van der Waals surface area (Å²) in [6.45, 7) is 1.45. The van der Waals surface area contributed by atoms with Crippen molar-refractivity contribution in [3.63, 3.8) is 0 Å². The molecule has 1 fully saturated rings. The lowest BCUT2D eigenvalue weighted by atomic mass is 9.96. The van der Waals surface area contributed by atoms with Crippen LogP contribution in [0.4, 0.5) is 22.0 Å². The number of hydrogen-bond acceptors (Lipinski definition) is 5. The van der Waals surface area contributed by atoms with Crippen LogP contribution in [-0.4, -0.2) is 43.7 Å². The second-order valence-corrected chi connectivity index (χ2v) is 8.25. The Balaban J connectivity index is 1.56. The minimum atomic E-state index is -5.12. The molecule has 0 bridgehead atoms. The van der Waals surface area contributed by atoms with Crippen LogP contribution in [0.1, 0.15) is 31.4 Å². The molecule has 8 nitrogen and oxygen atoms in total. The molecule has 3 aromatic rings. The zero-order valence-electron chi connectivity index (χ0n) is 18.5. The first-order valence-corrected chi connectivity index (χ1v) is 10.4. The number of alkyl halides is 3. The number of carbonyl (C=O) groups is 2. The maximum absolute atomic E-state index is 15.1. The van der Waals surface area contributed by atoms with E-state index in [2.05, 4.69) is 20.8 Å². The van der Waals surface area contributed by atoms with Gasteiger partial charge in [0.2, 0.25) is 5.91 Å². The van der Waals surface area contributed by atoms with Crippen molar-refractivity contribution in [2.75, 3.05) is 0 Å². The second-order valence-electron chi connectivity index (χ2n) is 8.25. The van der Waals surface area contributed by atoms with E-state index in [9.17, 15) is 27.2 Å². The standard InChI is InChI=1S/C22H19F5N6O2/c1-11(28-19(34)21(8-9-21)29-20(35)22(25,26)27)13-7-6-12(10-16(13)24)14-4-3-5-15(23)17(14)18-30-31-32-33(18)2/h3-7,10-11H,8-9H2,1-2H3,(H,28,34)(H,29,35)/t11-/m1/s1. The van der Waals surface area contributed by atoms with Gasteiger partial charge in [0.25, 0.3) is 0 Å². The van der Waals surface area contributed by atoms with Crippen LogP contribution in [0.2, 0.25) is 0 Å². The van der Waals surface area contributed by atoms with Crippen molar-refractivity contribution in [1.29, 1.82) is 0 Å². The smallest absolute Gasteiger partial charge is 0.347 e. The maximum atomic E-state index is 15.1. The number of halogens is 5. The summed E-state index contributed by atoms with van der Waals surface area (Å²) in [7, 11) is 1.53. The SMILES string of the molecule is C[C@@H](NC(=O)C1(NC(=O)C(F)(F)F)CC1)c1ccc(-c2cccc(F)c2-c2nnnn2C)cc1F. The summed E-state index contributed by atoms with van der Waals surface area (Å²) in [6.07, 6.45) is -5.05. The van der Waals surface area contributed by atoms with E-state index in [1.165, 1.54) is 42.9 Å². The molecule has 2 amide bonds. The van der Waals surface area contributed by atoms with Crippen LogP contribution in [0.5, 0.6) is 0 Å². The number of tetrazole rings is 1. The van der Waals surface area contributed by atoms with Crippen LogP contribution in [0.15, 0.2) is 36.4 Å². The van der Waals surface area contributed by atoms with E-state index in [1.54, 1.807) is 11.4 Å². The molecule has 1 heterocycles. The molecule has 0 spiro atoms. The number of benzene rings is 2. The Morgan fingerprint density at radius 1 is 1.11 bits per heavy atom. The van der Waals surface area contributed by atoms with Crippen LogP contribution in [-0.2, 0) is 16.6 Å². The van der Waals surface area contributed by atoms with Gasteiger partial charge in [-0.15, -0.1) is 5.10 Å². The Morgan fingerprint density at radius 2 is 1.83 bits per heavy atom. The molecular formula is C22H19F5N6O2. The van der Waals surface area contributed by atoms with Gasteiger partial charge in [-0.2, -0.15) is 13.2 Å². The van der Waals surface area contributed by atoms with Crippen molar-refractivity contribution in [3.05, 3.63) is 53.6 Å². The average Bonchev–Trinajstić information content (AvgIpc) is 3.45. The third-order valence-electron chi connectivity index (χ3n) is 5.78. The molecule has 0 saturated heterocycles. The average molecular weight is 494 g/mol. The highest BCUT2D eigenvalue weighted by Gasteiger charge is 2.55. The van der Waals surface area contributed by atoms with Crippen LogP contribution >= 0.6 is 0 Å². The lowest BCUT2D eigenvalue weighted by molar-refractivity contribution is -0.175. The monoisotopic (exact) mass is 494 g/mol. The van der Waals surface area contributed by atoms with E-state index >= 15 is 4.39 Å². The Morgan fingerprint density at radius 3 is 2.40 bits per heavy atom. The van der Waals surface area contributed by atoms with E-state index in [4.69, 9.17) is 0 Å². The predicted octanol–water partition coefficient (Wildman–Crippen LogP) is 3.21. The van der Waals surface area contributed by atoms with Gasteiger partial charge in [-0.25, -0.2) is 13.5 Å². The molecule has 1 aliphatic rings. The zero-order valence-corrected chi connectivity index (χ0v) is 18.5. The minimum absolute atomic E-state index is 0.0358. The molecule has 1 atom stereocenters. The van der Waals surface area contributed by atoms with Gasteiger partial charge >= 0.3 is 12.1 Å². The van der Waals surface area contributed by atoms with E-state index < -0.39 is 41.2 Å². The van der Waals surface area contributed by atoms with Gasteiger partial charge in [-0.3, -0.25) is 9.59 Å². The molecule has 1 aliphatic carbocycles. The van der Waals surface area contributed by atoms with E-state index in [1.807, 2.05) is 0 Å². The Bertz CT molecular complexity index is 1300. The van der Waals surface area contributed by atoms with Crippen LogP contribution in [0.25, 0.3) is 22.5 Å². The summed E-state index contributed by atoms with van der Waals surface area (Å²) in [5.41, 5.74) is -0.893. The molecule has 1 aromatic heterocycles. The third-order valence-corrected chi connectivity index (χ3v) is 5.78. The first-order chi connectivity index (χ1) is 16.4. The van der Waals surface area contributed by atoms with E-state index in [0.717, 1.165) is 6.07 Å². The predicted molar refractivity (Wildman–Crippen MR) is 112 cm³/mol. The summed E-state index contributed by atoms with van der Waals surface area (Å²) >= 11 is 0.